The molecule has 4 heteroatoms. The Labute approximate surface area is 88.9 Å². The van der Waals surface area contributed by atoms with Crippen LogP contribution in [0.5, 0.6) is 5.75 Å². The van der Waals surface area contributed by atoms with Crippen LogP contribution in [0.2, 0.25) is 0 Å². The molecule has 1 aliphatic rings. The highest BCUT2D eigenvalue weighted by atomic mass is 35.5. The van der Waals surface area contributed by atoms with E-state index in [0.29, 0.717) is 11.3 Å². The van der Waals surface area contributed by atoms with Gasteiger partial charge in [0.2, 0.25) is 0 Å². The standard InChI is InChI=1S/C10H12FNO.ClH/c1-13-9-4-2-3-7(10(9)11)8-5-6-12-8;/h2-4,8,12H,5-6H2,1H3;1H/t8-;/m0./s1. The van der Waals surface area contributed by atoms with Gasteiger partial charge >= 0.3 is 0 Å². The van der Waals surface area contributed by atoms with E-state index in [2.05, 4.69) is 5.32 Å². The molecule has 0 spiro atoms. The van der Waals surface area contributed by atoms with Crippen molar-refractivity contribution in [2.45, 2.75) is 12.5 Å². The van der Waals surface area contributed by atoms with Crippen molar-refractivity contribution >= 4 is 12.4 Å². The lowest BCUT2D eigenvalue weighted by atomic mass is 9.97. The summed E-state index contributed by atoms with van der Waals surface area (Å²) >= 11 is 0. The van der Waals surface area contributed by atoms with Crippen molar-refractivity contribution in [2.24, 2.45) is 0 Å². The van der Waals surface area contributed by atoms with Gasteiger partial charge in [-0.15, -0.1) is 12.4 Å². The molecule has 1 aromatic rings. The van der Waals surface area contributed by atoms with Crippen molar-refractivity contribution in [3.8, 4) is 5.75 Å². The number of hydrogen-bond donors (Lipinski definition) is 1. The fourth-order valence-corrected chi connectivity index (χ4v) is 1.51. The fourth-order valence-electron chi connectivity index (χ4n) is 1.51. The first-order valence-electron chi connectivity index (χ1n) is 4.38. The van der Waals surface area contributed by atoms with E-state index < -0.39 is 0 Å². The van der Waals surface area contributed by atoms with Crippen molar-refractivity contribution in [1.29, 1.82) is 0 Å². The number of halogens is 2. The van der Waals surface area contributed by atoms with Gasteiger partial charge in [0, 0.05) is 11.6 Å². The predicted octanol–water partition coefficient (Wildman–Crippen LogP) is 2.29. The van der Waals surface area contributed by atoms with Crippen LogP contribution in [-0.2, 0) is 0 Å². The molecule has 0 radical (unpaired) electrons. The van der Waals surface area contributed by atoms with E-state index in [4.69, 9.17) is 4.74 Å². The molecule has 1 heterocycles. The SMILES string of the molecule is COc1cccc([C@@H]2CCN2)c1F.Cl. The lowest BCUT2D eigenvalue weighted by molar-refractivity contribution is 0.350. The minimum atomic E-state index is -0.234. The molecule has 2 nitrogen and oxygen atoms in total. The molecule has 0 saturated carbocycles. The lowest BCUT2D eigenvalue weighted by Crippen LogP contribution is -2.35. The molecule has 1 N–H and O–H groups in total. The molecule has 1 saturated heterocycles. The van der Waals surface area contributed by atoms with Gasteiger partial charge in [-0.3, -0.25) is 0 Å². The second kappa shape index (κ2) is 4.62. The Morgan fingerprint density at radius 2 is 2.21 bits per heavy atom. The van der Waals surface area contributed by atoms with Crippen LogP contribution in [-0.4, -0.2) is 13.7 Å². The van der Waals surface area contributed by atoms with Gasteiger partial charge in [0.05, 0.1) is 7.11 Å². The van der Waals surface area contributed by atoms with Crippen LogP contribution in [0.3, 0.4) is 0 Å². The number of rotatable bonds is 2. The molecule has 78 valence electrons. The molecule has 0 bridgehead atoms. The molecule has 1 aromatic carbocycles. The highest BCUT2D eigenvalue weighted by Crippen LogP contribution is 2.29. The summed E-state index contributed by atoms with van der Waals surface area (Å²) in [6, 6.07) is 5.43. The maximum Gasteiger partial charge on any atom is 0.169 e. The smallest absolute Gasteiger partial charge is 0.169 e. The summed E-state index contributed by atoms with van der Waals surface area (Å²) in [6.07, 6.45) is 1.00. The minimum absolute atomic E-state index is 0. The van der Waals surface area contributed by atoms with Crippen LogP contribution in [0, 0.1) is 5.82 Å². The maximum absolute atomic E-state index is 13.6. The Kier molecular flexibility index (Phi) is 3.72. The Morgan fingerprint density at radius 1 is 1.50 bits per heavy atom. The van der Waals surface area contributed by atoms with E-state index in [9.17, 15) is 4.39 Å². The predicted molar refractivity (Wildman–Crippen MR) is 55.6 cm³/mol. The minimum Gasteiger partial charge on any atom is -0.494 e. The third-order valence-corrected chi connectivity index (χ3v) is 2.41. The van der Waals surface area contributed by atoms with Crippen LogP contribution >= 0.6 is 12.4 Å². The highest BCUT2D eigenvalue weighted by molar-refractivity contribution is 5.85. The molecule has 0 amide bonds. The lowest BCUT2D eigenvalue weighted by Gasteiger charge is -2.28. The Bertz CT molecular complexity index is 315. The van der Waals surface area contributed by atoms with Crippen LogP contribution in [0.1, 0.15) is 18.0 Å². The molecule has 0 unspecified atom stereocenters. The summed E-state index contributed by atoms with van der Waals surface area (Å²) in [4.78, 5) is 0. The molecular formula is C10H13ClFNO. The van der Waals surface area contributed by atoms with Crippen LogP contribution in [0.15, 0.2) is 18.2 Å². The van der Waals surface area contributed by atoms with Gasteiger partial charge in [-0.25, -0.2) is 4.39 Å². The van der Waals surface area contributed by atoms with E-state index in [-0.39, 0.29) is 24.3 Å². The number of methoxy groups -OCH3 is 1. The highest BCUT2D eigenvalue weighted by Gasteiger charge is 2.22. The number of nitrogens with one attached hydrogen (secondary N) is 1. The first-order chi connectivity index (χ1) is 6.33. The van der Waals surface area contributed by atoms with Crippen molar-refractivity contribution in [2.75, 3.05) is 13.7 Å². The summed E-state index contributed by atoms with van der Waals surface area (Å²) in [5, 5.41) is 3.16. The van der Waals surface area contributed by atoms with Crippen molar-refractivity contribution in [3.05, 3.63) is 29.6 Å². The Morgan fingerprint density at radius 3 is 2.71 bits per heavy atom. The van der Waals surface area contributed by atoms with Crippen LogP contribution in [0.4, 0.5) is 4.39 Å². The Balaban J connectivity index is 0.000000980. The normalized spacial score (nSPS) is 19.4. The van der Waals surface area contributed by atoms with Gasteiger partial charge in [0.15, 0.2) is 11.6 Å². The third-order valence-electron chi connectivity index (χ3n) is 2.41. The van der Waals surface area contributed by atoms with Crippen molar-refractivity contribution in [1.82, 2.24) is 5.32 Å². The van der Waals surface area contributed by atoms with Crippen LogP contribution < -0.4 is 10.1 Å². The second-order valence-electron chi connectivity index (χ2n) is 3.16. The zero-order valence-corrected chi connectivity index (χ0v) is 8.73. The van der Waals surface area contributed by atoms with E-state index in [1.54, 1.807) is 12.1 Å². The van der Waals surface area contributed by atoms with E-state index >= 15 is 0 Å². The zero-order valence-electron chi connectivity index (χ0n) is 7.92. The second-order valence-corrected chi connectivity index (χ2v) is 3.16. The molecule has 2 rings (SSSR count). The van der Waals surface area contributed by atoms with Gasteiger partial charge < -0.3 is 10.1 Å². The molecule has 0 aliphatic carbocycles. The van der Waals surface area contributed by atoms with Gasteiger partial charge in [0.1, 0.15) is 0 Å². The van der Waals surface area contributed by atoms with Crippen molar-refractivity contribution in [3.63, 3.8) is 0 Å². The summed E-state index contributed by atoms with van der Waals surface area (Å²) in [5.41, 5.74) is 0.714. The van der Waals surface area contributed by atoms with Gasteiger partial charge in [-0.1, -0.05) is 12.1 Å². The van der Waals surface area contributed by atoms with E-state index in [1.807, 2.05) is 6.07 Å². The first-order valence-corrected chi connectivity index (χ1v) is 4.38. The molecular weight excluding hydrogens is 205 g/mol. The molecule has 1 aliphatic heterocycles. The average Bonchev–Trinajstić information content (AvgIpc) is 2.05. The Hall–Kier alpha value is -0.800. The molecule has 1 atom stereocenters. The number of hydrogen-bond acceptors (Lipinski definition) is 2. The first kappa shape index (κ1) is 11.3. The van der Waals surface area contributed by atoms with Crippen LogP contribution in [0.25, 0.3) is 0 Å². The van der Waals surface area contributed by atoms with Gasteiger partial charge in [-0.2, -0.15) is 0 Å². The summed E-state index contributed by atoms with van der Waals surface area (Å²) in [6.45, 7) is 0.974. The summed E-state index contributed by atoms with van der Waals surface area (Å²) in [7, 11) is 1.48. The summed E-state index contributed by atoms with van der Waals surface area (Å²) in [5.74, 6) is 0.0911. The molecule has 14 heavy (non-hydrogen) atoms. The fraction of sp³-hybridized carbons (Fsp3) is 0.400. The van der Waals surface area contributed by atoms with Gasteiger partial charge in [0.25, 0.3) is 0 Å². The van der Waals surface area contributed by atoms with Gasteiger partial charge in [-0.05, 0) is 19.0 Å². The monoisotopic (exact) mass is 217 g/mol. The zero-order chi connectivity index (χ0) is 9.26. The quantitative estimate of drug-likeness (QED) is 0.821. The van der Waals surface area contributed by atoms with E-state index in [1.165, 1.54) is 7.11 Å². The van der Waals surface area contributed by atoms with E-state index in [0.717, 1.165) is 13.0 Å². The molecule has 1 fully saturated rings. The largest absolute Gasteiger partial charge is 0.494 e. The third kappa shape index (κ3) is 1.83. The summed E-state index contributed by atoms with van der Waals surface area (Å²) < 4.78 is 18.5. The topological polar surface area (TPSA) is 21.3 Å². The molecule has 0 aromatic heterocycles. The van der Waals surface area contributed by atoms with Crippen molar-refractivity contribution < 1.29 is 9.13 Å². The average molecular weight is 218 g/mol. The number of ether oxygens (including phenoxy) is 1. The maximum atomic E-state index is 13.6. The number of benzene rings is 1.